The molecule has 1 aliphatic carbocycles. The van der Waals surface area contributed by atoms with Crippen LogP contribution in [0.15, 0.2) is 28.8 Å². The smallest absolute Gasteiger partial charge is 0.231 e. The summed E-state index contributed by atoms with van der Waals surface area (Å²) < 4.78 is 5.49. The standard InChI is InChI=1S/C18H20ClN3O2/c19-15-8-6-12(7-9-15)16-20-17(24-21-16)14-5-2-10-22(11-14)18(23)13-3-1-4-13/h6-9,13-14H,1-5,10-11H2/t14-/m0/s1. The molecule has 1 aromatic carbocycles. The van der Waals surface area contributed by atoms with E-state index in [4.69, 9.17) is 16.1 Å². The van der Waals surface area contributed by atoms with E-state index in [0.717, 1.165) is 37.8 Å². The molecule has 0 N–H and O–H groups in total. The number of carbonyl (C=O) groups is 1. The molecular weight excluding hydrogens is 326 g/mol. The van der Waals surface area contributed by atoms with Crippen molar-refractivity contribution < 1.29 is 9.32 Å². The molecule has 0 unspecified atom stereocenters. The van der Waals surface area contributed by atoms with Gasteiger partial charge in [0.25, 0.3) is 0 Å². The predicted molar refractivity (Wildman–Crippen MR) is 90.6 cm³/mol. The zero-order valence-corrected chi connectivity index (χ0v) is 14.2. The van der Waals surface area contributed by atoms with Gasteiger partial charge in [-0.15, -0.1) is 0 Å². The molecule has 1 aliphatic heterocycles. The van der Waals surface area contributed by atoms with E-state index >= 15 is 0 Å². The Hall–Kier alpha value is -1.88. The van der Waals surface area contributed by atoms with E-state index in [0.29, 0.717) is 29.2 Å². The number of aromatic nitrogens is 2. The third-order valence-corrected chi connectivity index (χ3v) is 5.33. The lowest BCUT2D eigenvalue weighted by atomic mass is 9.83. The first-order valence-corrected chi connectivity index (χ1v) is 8.97. The predicted octanol–water partition coefficient (Wildman–Crippen LogP) is 3.90. The summed E-state index contributed by atoms with van der Waals surface area (Å²) in [5.74, 6) is 1.89. The normalized spacial score (nSPS) is 21.5. The maximum Gasteiger partial charge on any atom is 0.231 e. The van der Waals surface area contributed by atoms with E-state index < -0.39 is 0 Å². The number of amides is 1. The van der Waals surface area contributed by atoms with Crippen LogP contribution in [0.3, 0.4) is 0 Å². The van der Waals surface area contributed by atoms with Gasteiger partial charge in [0, 0.05) is 29.6 Å². The number of halogens is 1. The van der Waals surface area contributed by atoms with Gasteiger partial charge in [0.05, 0.1) is 5.92 Å². The minimum absolute atomic E-state index is 0.135. The molecule has 1 aromatic heterocycles. The number of nitrogens with zero attached hydrogens (tertiary/aromatic N) is 3. The summed E-state index contributed by atoms with van der Waals surface area (Å²) in [6.45, 7) is 1.54. The van der Waals surface area contributed by atoms with Crippen LogP contribution < -0.4 is 0 Å². The second-order valence-corrected chi connectivity index (χ2v) is 7.15. The number of rotatable bonds is 3. The Balaban J connectivity index is 1.47. The first-order valence-electron chi connectivity index (χ1n) is 8.59. The van der Waals surface area contributed by atoms with Gasteiger partial charge in [0.15, 0.2) is 0 Å². The van der Waals surface area contributed by atoms with E-state index in [2.05, 4.69) is 10.1 Å². The molecule has 4 rings (SSSR count). The summed E-state index contributed by atoms with van der Waals surface area (Å²) in [5.41, 5.74) is 0.882. The zero-order chi connectivity index (χ0) is 16.5. The Morgan fingerprint density at radius 1 is 1.17 bits per heavy atom. The van der Waals surface area contributed by atoms with Crippen molar-refractivity contribution in [2.45, 2.75) is 38.0 Å². The van der Waals surface area contributed by atoms with Crippen LogP contribution in [-0.2, 0) is 4.79 Å². The summed E-state index contributed by atoms with van der Waals surface area (Å²) in [5, 5.41) is 4.77. The third-order valence-electron chi connectivity index (χ3n) is 5.08. The molecule has 2 heterocycles. The molecule has 1 atom stereocenters. The van der Waals surface area contributed by atoms with E-state index in [9.17, 15) is 4.79 Å². The maximum absolute atomic E-state index is 12.5. The van der Waals surface area contributed by atoms with Crippen LogP contribution in [0.4, 0.5) is 0 Å². The average Bonchev–Trinajstić information content (AvgIpc) is 3.04. The summed E-state index contributed by atoms with van der Waals surface area (Å²) in [4.78, 5) is 19.0. The van der Waals surface area contributed by atoms with E-state index in [-0.39, 0.29) is 11.8 Å². The number of hydrogen-bond acceptors (Lipinski definition) is 4. The molecule has 1 amide bonds. The van der Waals surface area contributed by atoms with Crippen LogP contribution in [0.5, 0.6) is 0 Å². The van der Waals surface area contributed by atoms with Crippen LogP contribution in [0.25, 0.3) is 11.4 Å². The van der Waals surface area contributed by atoms with Gasteiger partial charge in [-0.2, -0.15) is 4.98 Å². The second-order valence-electron chi connectivity index (χ2n) is 6.71. The van der Waals surface area contributed by atoms with Crippen LogP contribution in [0.1, 0.15) is 43.9 Å². The van der Waals surface area contributed by atoms with Gasteiger partial charge in [-0.3, -0.25) is 4.79 Å². The topological polar surface area (TPSA) is 59.2 Å². The number of piperidine rings is 1. The SMILES string of the molecule is O=C(C1CCC1)N1CCC[C@H](c2nc(-c3ccc(Cl)cc3)no2)C1. The van der Waals surface area contributed by atoms with Crippen molar-refractivity contribution in [1.29, 1.82) is 0 Å². The fourth-order valence-corrected chi connectivity index (χ4v) is 3.54. The van der Waals surface area contributed by atoms with Crippen molar-refractivity contribution in [3.63, 3.8) is 0 Å². The lowest BCUT2D eigenvalue weighted by Crippen LogP contribution is -2.44. The molecule has 126 valence electrons. The number of hydrogen-bond donors (Lipinski definition) is 0. The van der Waals surface area contributed by atoms with Crippen LogP contribution in [0.2, 0.25) is 5.02 Å². The van der Waals surface area contributed by atoms with Crippen molar-refractivity contribution in [2.75, 3.05) is 13.1 Å². The van der Waals surface area contributed by atoms with E-state index in [1.165, 1.54) is 6.42 Å². The third kappa shape index (κ3) is 3.05. The molecule has 5 nitrogen and oxygen atoms in total. The second kappa shape index (κ2) is 6.55. The van der Waals surface area contributed by atoms with Crippen molar-refractivity contribution in [2.24, 2.45) is 5.92 Å². The van der Waals surface area contributed by atoms with Gasteiger partial charge in [-0.1, -0.05) is 23.2 Å². The molecule has 0 spiro atoms. The molecule has 24 heavy (non-hydrogen) atoms. The highest BCUT2D eigenvalue weighted by Gasteiger charge is 2.34. The summed E-state index contributed by atoms with van der Waals surface area (Å²) in [7, 11) is 0. The first-order chi connectivity index (χ1) is 11.7. The highest BCUT2D eigenvalue weighted by molar-refractivity contribution is 6.30. The fraction of sp³-hybridized carbons (Fsp3) is 0.500. The molecule has 0 radical (unpaired) electrons. The van der Waals surface area contributed by atoms with E-state index in [1.807, 2.05) is 29.2 Å². The van der Waals surface area contributed by atoms with Crippen molar-refractivity contribution in [3.8, 4) is 11.4 Å². The van der Waals surface area contributed by atoms with Gasteiger partial charge in [-0.05, 0) is 49.9 Å². The maximum atomic E-state index is 12.5. The Labute approximate surface area is 146 Å². The molecule has 0 bridgehead atoms. The van der Waals surface area contributed by atoms with Crippen LogP contribution >= 0.6 is 11.6 Å². The molecule has 2 aliphatic rings. The number of likely N-dealkylation sites (tertiary alicyclic amines) is 1. The molecule has 1 saturated carbocycles. The lowest BCUT2D eigenvalue weighted by Gasteiger charge is -2.36. The van der Waals surface area contributed by atoms with Crippen molar-refractivity contribution >= 4 is 17.5 Å². The largest absolute Gasteiger partial charge is 0.342 e. The number of benzene rings is 1. The monoisotopic (exact) mass is 345 g/mol. The van der Waals surface area contributed by atoms with Crippen molar-refractivity contribution in [1.82, 2.24) is 15.0 Å². The Morgan fingerprint density at radius 2 is 1.96 bits per heavy atom. The highest BCUT2D eigenvalue weighted by atomic mass is 35.5. The quantitative estimate of drug-likeness (QED) is 0.846. The average molecular weight is 346 g/mol. The lowest BCUT2D eigenvalue weighted by molar-refractivity contribution is -0.139. The highest BCUT2D eigenvalue weighted by Crippen LogP contribution is 2.32. The van der Waals surface area contributed by atoms with Gasteiger partial charge < -0.3 is 9.42 Å². The molecule has 6 heteroatoms. The van der Waals surface area contributed by atoms with Gasteiger partial charge in [0.1, 0.15) is 0 Å². The summed E-state index contributed by atoms with van der Waals surface area (Å²) in [6, 6.07) is 7.38. The number of carbonyl (C=O) groups excluding carboxylic acids is 1. The van der Waals surface area contributed by atoms with Gasteiger partial charge >= 0.3 is 0 Å². The first kappa shape index (κ1) is 15.6. The Kier molecular flexibility index (Phi) is 4.27. The molecule has 1 saturated heterocycles. The van der Waals surface area contributed by atoms with Gasteiger partial charge in [-0.25, -0.2) is 0 Å². The Bertz CT molecular complexity index is 724. The zero-order valence-electron chi connectivity index (χ0n) is 13.4. The fourth-order valence-electron chi connectivity index (χ4n) is 3.41. The molecule has 2 aromatic rings. The van der Waals surface area contributed by atoms with Crippen LogP contribution in [-0.4, -0.2) is 34.0 Å². The molecule has 2 fully saturated rings. The van der Waals surface area contributed by atoms with Crippen LogP contribution in [0, 0.1) is 5.92 Å². The minimum Gasteiger partial charge on any atom is -0.342 e. The van der Waals surface area contributed by atoms with E-state index in [1.54, 1.807) is 0 Å². The van der Waals surface area contributed by atoms with Gasteiger partial charge in [0.2, 0.25) is 17.6 Å². The van der Waals surface area contributed by atoms with Crippen molar-refractivity contribution in [3.05, 3.63) is 35.2 Å². The molecular formula is C18H20ClN3O2. The minimum atomic E-state index is 0.135. The summed E-state index contributed by atoms with van der Waals surface area (Å²) >= 11 is 5.91. The Morgan fingerprint density at radius 3 is 2.67 bits per heavy atom. The summed E-state index contributed by atoms with van der Waals surface area (Å²) in [6.07, 6.45) is 5.24.